The number of amides is 1. The molecule has 0 bridgehead atoms. The van der Waals surface area contributed by atoms with Gasteiger partial charge in [-0.25, -0.2) is 19.4 Å². The van der Waals surface area contributed by atoms with Gasteiger partial charge in [0, 0.05) is 7.05 Å². The van der Waals surface area contributed by atoms with Crippen LogP contribution in [0.3, 0.4) is 0 Å². The summed E-state index contributed by atoms with van der Waals surface area (Å²) in [7, 11) is 1.61. The SMILES string of the molecule is Cl.Cn1ncc(-c2ncc(N)cn2)c1OC(N)=O. The Balaban J connectivity index is 0.00000162. The van der Waals surface area contributed by atoms with E-state index < -0.39 is 6.09 Å². The Labute approximate surface area is 108 Å². The number of halogens is 1. The zero-order chi connectivity index (χ0) is 12.4. The molecule has 18 heavy (non-hydrogen) atoms. The summed E-state index contributed by atoms with van der Waals surface area (Å²) in [4.78, 5) is 18.8. The van der Waals surface area contributed by atoms with Crippen molar-refractivity contribution in [2.75, 3.05) is 5.73 Å². The van der Waals surface area contributed by atoms with E-state index in [2.05, 4.69) is 15.1 Å². The van der Waals surface area contributed by atoms with Crippen LogP contribution in [-0.4, -0.2) is 25.8 Å². The highest BCUT2D eigenvalue weighted by atomic mass is 35.5. The predicted molar refractivity (Wildman–Crippen MR) is 66.1 cm³/mol. The molecular weight excluding hydrogens is 260 g/mol. The lowest BCUT2D eigenvalue weighted by Gasteiger charge is -2.03. The summed E-state index contributed by atoms with van der Waals surface area (Å²) in [5.41, 5.74) is 11.3. The number of hydrogen-bond donors (Lipinski definition) is 2. The first-order valence-corrected chi connectivity index (χ1v) is 4.65. The Morgan fingerprint density at radius 2 is 1.94 bits per heavy atom. The Morgan fingerprint density at radius 1 is 1.33 bits per heavy atom. The number of primary amides is 1. The molecule has 0 aromatic carbocycles. The summed E-state index contributed by atoms with van der Waals surface area (Å²) in [5, 5.41) is 3.94. The molecule has 0 aliphatic rings. The molecule has 0 fully saturated rings. The number of nitrogens with two attached hydrogens (primary N) is 2. The van der Waals surface area contributed by atoms with Gasteiger partial charge in [0.05, 0.1) is 24.3 Å². The molecule has 1 amide bonds. The van der Waals surface area contributed by atoms with E-state index in [-0.39, 0.29) is 18.3 Å². The molecule has 0 radical (unpaired) electrons. The fourth-order valence-electron chi connectivity index (χ4n) is 1.27. The maximum atomic E-state index is 10.8. The lowest BCUT2D eigenvalue weighted by Crippen LogP contribution is -2.18. The third-order valence-electron chi connectivity index (χ3n) is 1.99. The lowest BCUT2D eigenvalue weighted by molar-refractivity contribution is 0.207. The summed E-state index contributed by atoms with van der Waals surface area (Å²) in [6.45, 7) is 0. The third kappa shape index (κ3) is 2.66. The average Bonchev–Trinajstić information content (AvgIpc) is 2.61. The summed E-state index contributed by atoms with van der Waals surface area (Å²) in [6, 6.07) is 0. The topological polar surface area (TPSA) is 122 Å². The first-order valence-electron chi connectivity index (χ1n) is 4.65. The van der Waals surface area contributed by atoms with E-state index in [0.717, 1.165) is 0 Å². The third-order valence-corrected chi connectivity index (χ3v) is 1.99. The minimum absolute atomic E-state index is 0. The zero-order valence-corrected chi connectivity index (χ0v) is 10.2. The van der Waals surface area contributed by atoms with Gasteiger partial charge in [0.2, 0.25) is 5.88 Å². The minimum atomic E-state index is -0.926. The summed E-state index contributed by atoms with van der Waals surface area (Å²) >= 11 is 0. The Hall–Kier alpha value is -2.35. The van der Waals surface area contributed by atoms with Gasteiger partial charge in [-0.2, -0.15) is 5.10 Å². The van der Waals surface area contributed by atoms with Crippen LogP contribution >= 0.6 is 12.4 Å². The van der Waals surface area contributed by atoms with Crippen molar-refractivity contribution < 1.29 is 9.53 Å². The second-order valence-electron chi connectivity index (χ2n) is 3.25. The average molecular weight is 271 g/mol. The quantitative estimate of drug-likeness (QED) is 0.811. The van der Waals surface area contributed by atoms with Crippen LogP contribution in [0.15, 0.2) is 18.6 Å². The van der Waals surface area contributed by atoms with Crippen molar-refractivity contribution in [1.29, 1.82) is 0 Å². The number of anilines is 1. The van der Waals surface area contributed by atoms with Gasteiger partial charge < -0.3 is 16.2 Å². The predicted octanol–water partition coefficient (Wildman–Crippen LogP) is 0.339. The van der Waals surface area contributed by atoms with Gasteiger partial charge >= 0.3 is 6.09 Å². The summed E-state index contributed by atoms with van der Waals surface area (Å²) < 4.78 is 6.19. The number of carbonyl (C=O) groups is 1. The molecule has 9 heteroatoms. The lowest BCUT2D eigenvalue weighted by atomic mass is 10.3. The molecule has 4 N–H and O–H groups in total. The van der Waals surface area contributed by atoms with Gasteiger partial charge in [-0.05, 0) is 0 Å². The van der Waals surface area contributed by atoms with Crippen molar-refractivity contribution in [1.82, 2.24) is 19.7 Å². The van der Waals surface area contributed by atoms with Gasteiger partial charge in [0.25, 0.3) is 0 Å². The molecule has 0 saturated carbocycles. The second kappa shape index (κ2) is 5.32. The van der Waals surface area contributed by atoms with E-state index in [1.165, 1.54) is 23.3 Å². The monoisotopic (exact) mass is 270 g/mol. The molecular formula is C9H11ClN6O2. The van der Waals surface area contributed by atoms with Crippen molar-refractivity contribution >= 4 is 24.2 Å². The van der Waals surface area contributed by atoms with E-state index in [4.69, 9.17) is 16.2 Å². The van der Waals surface area contributed by atoms with Crippen LogP contribution < -0.4 is 16.2 Å². The molecule has 0 atom stereocenters. The number of hydrogen-bond acceptors (Lipinski definition) is 6. The highest BCUT2D eigenvalue weighted by Gasteiger charge is 2.16. The molecule has 2 aromatic heterocycles. The second-order valence-corrected chi connectivity index (χ2v) is 3.25. The molecule has 2 aromatic rings. The van der Waals surface area contributed by atoms with E-state index >= 15 is 0 Å². The van der Waals surface area contributed by atoms with Gasteiger partial charge in [-0.1, -0.05) is 0 Å². The maximum Gasteiger partial charge on any atom is 0.411 e. The number of rotatable bonds is 2. The Kier molecular flexibility index (Phi) is 4.05. The summed E-state index contributed by atoms with van der Waals surface area (Å²) in [6.07, 6.45) is 3.45. The smallest absolute Gasteiger partial charge is 0.396 e. The first kappa shape index (κ1) is 13.7. The van der Waals surface area contributed by atoms with Gasteiger partial charge in [-0.15, -0.1) is 12.4 Å². The van der Waals surface area contributed by atoms with Crippen molar-refractivity contribution in [3.8, 4) is 17.3 Å². The van der Waals surface area contributed by atoms with Crippen molar-refractivity contribution in [3.63, 3.8) is 0 Å². The van der Waals surface area contributed by atoms with Crippen LogP contribution in [0.2, 0.25) is 0 Å². The summed E-state index contributed by atoms with van der Waals surface area (Å²) in [5.74, 6) is 0.533. The van der Waals surface area contributed by atoms with E-state index in [1.54, 1.807) is 7.05 Å². The minimum Gasteiger partial charge on any atom is -0.396 e. The highest BCUT2D eigenvalue weighted by molar-refractivity contribution is 5.85. The zero-order valence-electron chi connectivity index (χ0n) is 9.40. The fraction of sp³-hybridized carbons (Fsp3) is 0.111. The van der Waals surface area contributed by atoms with E-state index in [0.29, 0.717) is 17.1 Å². The van der Waals surface area contributed by atoms with Crippen LogP contribution in [0.1, 0.15) is 0 Å². The number of ether oxygens (including phenoxy) is 1. The normalized spacial score (nSPS) is 9.61. The van der Waals surface area contributed by atoms with Gasteiger partial charge in [-0.3, -0.25) is 0 Å². The van der Waals surface area contributed by atoms with Crippen LogP contribution in [-0.2, 0) is 7.05 Å². The van der Waals surface area contributed by atoms with Crippen molar-refractivity contribution in [2.24, 2.45) is 12.8 Å². The molecule has 0 aliphatic carbocycles. The molecule has 2 heterocycles. The Bertz CT molecular complexity index is 553. The number of carbonyl (C=O) groups excluding carboxylic acids is 1. The molecule has 0 spiro atoms. The standard InChI is InChI=1S/C9H10N6O2.ClH/c1-15-8(17-9(11)16)6(4-14-15)7-12-2-5(10)3-13-7;/h2-4H,10H2,1H3,(H2,11,16);1H. The molecule has 0 unspecified atom stereocenters. The van der Waals surface area contributed by atoms with Crippen LogP contribution in [0.25, 0.3) is 11.4 Å². The largest absolute Gasteiger partial charge is 0.411 e. The van der Waals surface area contributed by atoms with E-state index in [1.807, 2.05) is 0 Å². The number of nitrogen functional groups attached to an aromatic ring is 1. The Morgan fingerprint density at radius 3 is 2.50 bits per heavy atom. The highest BCUT2D eigenvalue weighted by Crippen LogP contribution is 2.26. The molecule has 2 rings (SSSR count). The first-order chi connectivity index (χ1) is 8.08. The maximum absolute atomic E-state index is 10.8. The molecule has 0 saturated heterocycles. The van der Waals surface area contributed by atoms with Gasteiger partial charge in [0.15, 0.2) is 5.82 Å². The van der Waals surface area contributed by atoms with Crippen LogP contribution in [0.5, 0.6) is 5.88 Å². The molecule has 0 aliphatic heterocycles. The number of aromatic nitrogens is 4. The molecule has 8 nitrogen and oxygen atoms in total. The fourth-order valence-corrected chi connectivity index (χ4v) is 1.27. The van der Waals surface area contributed by atoms with E-state index in [9.17, 15) is 4.79 Å². The van der Waals surface area contributed by atoms with Crippen molar-refractivity contribution in [3.05, 3.63) is 18.6 Å². The molecule has 96 valence electrons. The van der Waals surface area contributed by atoms with Crippen molar-refractivity contribution in [2.45, 2.75) is 0 Å². The number of nitrogens with zero attached hydrogens (tertiary/aromatic N) is 4. The van der Waals surface area contributed by atoms with Crippen LogP contribution in [0, 0.1) is 0 Å². The number of aryl methyl sites for hydroxylation is 1. The van der Waals surface area contributed by atoms with Crippen LogP contribution in [0.4, 0.5) is 10.5 Å². The van der Waals surface area contributed by atoms with Gasteiger partial charge in [0.1, 0.15) is 5.56 Å².